The van der Waals surface area contributed by atoms with E-state index in [9.17, 15) is 14.0 Å². The Morgan fingerprint density at radius 1 is 1.60 bits per heavy atom. The minimum Gasteiger partial charge on any atom is -0.466 e. The highest BCUT2D eigenvalue weighted by Gasteiger charge is 2.28. The fourth-order valence-corrected chi connectivity index (χ4v) is 2.85. The van der Waals surface area contributed by atoms with E-state index < -0.39 is 11.8 Å². The Morgan fingerprint density at radius 3 is 3.00 bits per heavy atom. The average molecular weight is 316 g/mol. The van der Waals surface area contributed by atoms with Crippen molar-refractivity contribution in [2.24, 2.45) is 0 Å². The summed E-state index contributed by atoms with van der Waals surface area (Å²) in [6.07, 6.45) is 1.21. The molecule has 1 amide bonds. The highest BCUT2D eigenvalue weighted by molar-refractivity contribution is 8.04. The van der Waals surface area contributed by atoms with Gasteiger partial charge in [0.1, 0.15) is 5.82 Å². The first kappa shape index (κ1) is 14.9. The molecule has 2 rings (SSSR count). The summed E-state index contributed by atoms with van der Waals surface area (Å²) in [7, 11) is 1.25. The van der Waals surface area contributed by atoms with Crippen LogP contribution in [-0.4, -0.2) is 29.6 Å². The van der Waals surface area contributed by atoms with Crippen LogP contribution in [-0.2, 0) is 20.9 Å². The van der Waals surface area contributed by atoms with E-state index in [1.165, 1.54) is 42.0 Å². The van der Waals surface area contributed by atoms with Gasteiger partial charge in [-0.25, -0.2) is 9.18 Å². The van der Waals surface area contributed by atoms with Gasteiger partial charge in [0.2, 0.25) is 5.91 Å². The molecule has 0 bridgehead atoms. The Bertz CT molecular complexity index is 571. The highest BCUT2D eigenvalue weighted by Crippen LogP contribution is 2.32. The number of esters is 1. The number of nitrogens with zero attached hydrogens (tertiary/aromatic N) is 1. The predicted molar refractivity (Wildman–Crippen MR) is 74.5 cm³/mol. The Kier molecular flexibility index (Phi) is 4.67. The van der Waals surface area contributed by atoms with Crippen LogP contribution in [0.5, 0.6) is 0 Å². The molecule has 0 spiro atoms. The summed E-state index contributed by atoms with van der Waals surface area (Å²) in [4.78, 5) is 24.4. The lowest BCUT2D eigenvalue weighted by Crippen LogP contribution is -2.25. The quantitative estimate of drug-likeness (QED) is 0.635. The van der Waals surface area contributed by atoms with Crippen LogP contribution in [0.15, 0.2) is 29.3 Å². The molecule has 0 atom stereocenters. The number of methoxy groups -OCH3 is 1. The molecule has 0 aromatic heterocycles. The number of hydrogen-bond donors (Lipinski definition) is 0. The van der Waals surface area contributed by atoms with E-state index in [1.54, 1.807) is 6.07 Å². The Morgan fingerprint density at radius 2 is 2.35 bits per heavy atom. The molecule has 1 saturated heterocycles. The van der Waals surface area contributed by atoms with Crippen molar-refractivity contribution in [2.75, 3.05) is 12.9 Å². The molecule has 0 N–H and O–H groups in total. The number of thioether (sulfide) groups is 1. The smallest absolute Gasteiger partial charge is 0.333 e. The topological polar surface area (TPSA) is 46.6 Å². The fraction of sp³-hybridized carbons (Fsp3) is 0.231. The minimum absolute atomic E-state index is 0.0137. The van der Waals surface area contributed by atoms with Gasteiger partial charge in [-0.1, -0.05) is 29.4 Å². The predicted octanol–water partition coefficient (Wildman–Crippen LogP) is 2.57. The largest absolute Gasteiger partial charge is 0.466 e. The van der Waals surface area contributed by atoms with Crippen molar-refractivity contribution in [3.8, 4) is 0 Å². The number of amides is 1. The average Bonchev–Trinajstić information content (AvgIpc) is 2.75. The zero-order valence-electron chi connectivity index (χ0n) is 10.6. The number of carbonyl (C=O) groups excluding carboxylic acids is 2. The molecule has 0 radical (unpaired) electrons. The van der Waals surface area contributed by atoms with Crippen molar-refractivity contribution in [3.05, 3.63) is 45.7 Å². The molecule has 0 unspecified atom stereocenters. The molecule has 1 aromatic rings. The van der Waals surface area contributed by atoms with E-state index >= 15 is 0 Å². The van der Waals surface area contributed by atoms with Gasteiger partial charge in [0.15, 0.2) is 0 Å². The Labute approximate surface area is 124 Å². The summed E-state index contributed by atoms with van der Waals surface area (Å²) in [6.45, 7) is -0.0137. The van der Waals surface area contributed by atoms with Crippen LogP contribution < -0.4 is 0 Å². The molecule has 0 aliphatic carbocycles. The fourth-order valence-electron chi connectivity index (χ4n) is 1.70. The maximum atomic E-state index is 13.7. The first-order valence-corrected chi connectivity index (χ1v) is 7.05. The number of hydrogen-bond acceptors (Lipinski definition) is 4. The van der Waals surface area contributed by atoms with E-state index in [1.807, 2.05) is 0 Å². The number of carbonyl (C=O) groups is 2. The van der Waals surface area contributed by atoms with E-state index in [0.29, 0.717) is 5.03 Å². The summed E-state index contributed by atoms with van der Waals surface area (Å²) < 4.78 is 18.3. The number of rotatable bonds is 3. The molecular formula is C13H11ClFNO3S. The molecule has 4 nitrogen and oxygen atoms in total. The van der Waals surface area contributed by atoms with Gasteiger partial charge in [-0.05, 0) is 12.1 Å². The molecule has 1 aromatic carbocycles. The lowest BCUT2D eigenvalue weighted by molar-refractivity contribution is -0.134. The molecule has 7 heteroatoms. The lowest BCUT2D eigenvalue weighted by atomic mass is 10.2. The maximum absolute atomic E-state index is 13.7. The van der Waals surface area contributed by atoms with Gasteiger partial charge in [-0.2, -0.15) is 0 Å². The summed E-state index contributed by atoms with van der Waals surface area (Å²) in [5.74, 6) is -1.05. The van der Waals surface area contributed by atoms with Gasteiger partial charge in [0.05, 0.1) is 30.5 Å². The van der Waals surface area contributed by atoms with Crippen molar-refractivity contribution in [2.45, 2.75) is 6.54 Å². The first-order chi connectivity index (χ1) is 9.52. The number of benzene rings is 1. The number of ether oxygens (including phenoxy) is 1. The number of halogens is 2. The van der Waals surface area contributed by atoms with E-state index in [-0.39, 0.29) is 28.8 Å². The van der Waals surface area contributed by atoms with Crippen LogP contribution in [0.2, 0.25) is 5.02 Å². The zero-order valence-corrected chi connectivity index (χ0v) is 12.1. The van der Waals surface area contributed by atoms with Gasteiger partial charge in [-0.15, -0.1) is 0 Å². The van der Waals surface area contributed by atoms with Crippen molar-refractivity contribution in [1.29, 1.82) is 0 Å². The normalized spacial score (nSPS) is 16.9. The second-order valence-corrected chi connectivity index (χ2v) is 5.38. The second-order valence-electron chi connectivity index (χ2n) is 3.97. The van der Waals surface area contributed by atoms with Crippen molar-refractivity contribution in [3.63, 3.8) is 0 Å². The third-order valence-corrected chi connectivity index (χ3v) is 4.11. The zero-order chi connectivity index (χ0) is 14.7. The molecule has 20 heavy (non-hydrogen) atoms. The lowest BCUT2D eigenvalue weighted by Gasteiger charge is -2.18. The van der Waals surface area contributed by atoms with E-state index in [0.717, 1.165) is 0 Å². The van der Waals surface area contributed by atoms with Crippen molar-refractivity contribution in [1.82, 2.24) is 4.90 Å². The molecular weight excluding hydrogens is 305 g/mol. The molecule has 0 saturated carbocycles. The van der Waals surface area contributed by atoms with Crippen LogP contribution in [0, 0.1) is 5.82 Å². The van der Waals surface area contributed by atoms with Gasteiger partial charge in [0.25, 0.3) is 0 Å². The molecule has 1 heterocycles. The summed E-state index contributed by atoms with van der Waals surface area (Å²) in [5, 5.41) is 0.674. The summed E-state index contributed by atoms with van der Waals surface area (Å²) in [5.41, 5.74) is 0.223. The van der Waals surface area contributed by atoms with E-state index in [2.05, 4.69) is 4.74 Å². The molecule has 1 aliphatic heterocycles. The third kappa shape index (κ3) is 3.13. The van der Waals surface area contributed by atoms with Crippen LogP contribution in [0.25, 0.3) is 0 Å². The molecule has 1 fully saturated rings. The standard InChI is InChI=1S/C13H11ClFNO3S/c1-19-13(18)5-12-16(11(17)7-20-12)6-8-9(14)3-2-4-10(8)15/h2-5H,6-7H2,1H3. The van der Waals surface area contributed by atoms with Gasteiger partial charge < -0.3 is 9.64 Å². The second kappa shape index (κ2) is 6.28. The van der Waals surface area contributed by atoms with Crippen LogP contribution in [0.4, 0.5) is 4.39 Å². The van der Waals surface area contributed by atoms with Gasteiger partial charge >= 0.3 is 5.97 Å². The van der Waals surface area contributed by atoms with Gasteiger partial charge in [-0.3, -0.25) is 4.79 Å². The summed E-state index contributed by atoms with van der Waals surface area (Å²) in [6, 6.07) is 4.32. The molecule has 1 aliphatic rings. The monoisotopic (exact) mass is 315 g/mol. The van der Waals surface area contributed by atoms with Gasteiger partial charge in [0, 0.05) is 10.6 Å². The van der Waals surface area contributed by atoms with Crippen LogP contribution in [0.3, 0.4) is 0 Å². The SMILES string of the molecule is COC(=O)C=C1SCC(=O)N1Cc1c(F)cccc1Cl. The van der Waals surface area contributed by atoms with Crippen LogP contribution in [0.1, 0.15) is 5.56 Å². The van der Waals surface area contributed by atoms with Crippen molar-refractivity contribution < 1.29 is 18.7 Å². The first-order valence-electron chi connectivity index (χ1n) is 5.68. The summed E-state index contributed by atoms with van der Waals surface area (Å²) >= 11 is 7.14. The highest BCUT2D eigenvalue weighted by atomic mass is 35.5. The Balaban J connectivity index is 2.28. The van der Waals surface area contributed by atoms with E-state index in [4.69, 9.17) is 11.6 Å². The minimum atomic E-state index is -0.563. The van der Waals surface area contributed by atoms with Crippen molar-refractivity contribution >= 4 is 35.2 Å². The Hall–Kier alpha value is -1.53. The molecule has 106 valence electrons. The third-order valence-electron chi connectivity index (χ3n) is 2.73. The van der Waals surface area contributed by atoms with Crippen LogP contribution >= 0.6 is 23.4 Å². The maximum Gasteiger partial charge on any atom is 0.333 e.